The molecule has 8 heteroatoms. The molecule has 0 unspecified atom stereocenters. The normalized spacial score (nSPS) is 17.2. The second-order valence-electron chi connectivity index (χ2n) is 8.67. The Kier molecular flexibility index (Phi) is 6.51. The molecule has 182 valence electrons. The van der Waals surface area contributed by atoms with Crippen LogP contribution in [-0.4, -0.2) is 27.7 Å². The van der Waals surface area contributed by atoms with Crippen LogP contribution in [0.2, 0.25) is 5.02 Å². The number of carbonyl (C=O) groups is 1. The van der Waals surface area contributed by atoms with Crippen LogP contribution < -0.4 is 10.2 Å². The molecule has 36 heavy (non-hydrogen) atoms. The van der Waals surface area contributed by atoms with Crippen LogP contribution in [0.3, 0.4) is 0 Å². The van der Waals surface area contributed by atoms with Crippen molar-refractivity contribution in [1.82, 2.24) is 14.9 Å². The quantitative estimate of drug-likeness (QED) is 0.255. The number of esters is 1. The van der Waals surface area contributed by atoms with Gasteiger partial charge in [-0.2, -0.15) is 0 Å². The number of benzene rings is 2. The highest BCUT2D eigenvalue weighted by molar-refractivity contribution is 7.80. The first-order chi connectivity index (χ1) is 17.4. The molecule has 6 nitrogen and oxygen atoms in total. The van der Waals surface area contributed by atoms with Crippen molar-refractivity contribution >= 4 is 40.6 Å². The third-order valence-corrected chi connectivity index (χ3v) is 7.10. The van der Waals surface area contributed by atoms with Crippen LogP contribution >= 0.6 is 23.8 Å². The number of nitrogens with one attached hydrogen (secondary N) is 1. The number of aryl methyl sites for hydroxylation is 1. The van der Waals surface area contributed by atoms with Crippen molar-refractivity contribution in [1.29, 1.82) is 0 Å². The van der Waals surface area contributed by atoms with Gasteiger partial charge in [0.15, 0.2) is 5.11 Å². The van der Waals surface area contributed by atoms with E-state index in [1.807, 2.05) is 54.6 Å². The number of nitrogens with zero attached hydrogens (tertiary/aromatic N) is 3. The zero-order chi connectivity index (χ0) is 25.4. The topological polar surface area (TPSA) is 59.4 Å². The fourth-order valence-electron chi connectivity index (χ4n) is 4.90. The van der Waals surface area contributed by atoms with Crippen molar-refractivity contribution in [3.8, 4) is 5.69 Å². The van der Waals surface area contributed by atoms with Gasteiger partial charge in [-0.15, -0.1) is 0 Å². The molecule has 0 amide bonds. The molecule has 1 aliphatic heterocycles. The smallest absolute Gasteiger partial charge is 0.337 e. The molecule has 0 spiro atoms. The molecule has 0 saturated carbocycles. The van der Waals surface area contributed by atoms with Gasteiger partial charge in [0.05, 0.1) is 30.5 Å². The number of halogens is 1. The number of hydrogen-bond acceptors (Lipinski definition) is 4. The molecule has 2 aromatic heterocycles. The van der Waals surface area contributed by atoms with Crippen LogP contribution in [0, 0.1) is 13.8 Å². The van der Waals surface area contributed by atoms with Crippen LogP contribution in [0.1, 0.15) is 45.1 Å². The molecule has 4 aromatic rings. The monoisotopic (exact) mass is 516 g/mol. The maximum absolute atomic E-state index is 11.9. The molecule has 0 bridgehead atoms. The van der Waals surface area contributed by atoms with E-state index in [1.54, 1.807) is 18.3 Å². The fraction of sp³-hybridized carbons (Fsp3) is 0.179. The highest BCUT2D eigenvalue weighted by Gasteiger charge is 2.42. The number of ether oxygens (including phenoxy) is 1. The molecular weight excluding hydrogens is 492 g/mol. The second-order valence-corrected chi connectivity index (χ2v) is 9.50. The van der Waals surface area contributed by atoms with Gasteiger partial charge in [-0.25, -0.2) is 4.79 Å². The van der Waals surface area contributed by atoms with E-state index in [9.17, 15) is 4.79 Å². The summed E-state index contributed by atoms with van der Waals surface area (Å²) in [6.07, 6.45) is 1.80. The van der Waals surface area contributed by atoms with E-state index in [1.165, 1.54) is 7.11 Å². The van der Waals surface area contributed by atoms with Gasteiger partial charge in [-0.3, -0.25) is 4.98 Å². The number of carbonyl (C=O) groups excluding carboxylic acids is 1. The van der Waals surface area contributed by atoms with Gasteiger partial charge in [-0.1, -0.05) is 17.7 Å². The first-order valence-corrected chi connectivity index (χ1v) is 12.3. The van der Waals surface area contributed by atoms with Crippen molar-refractivity contribution < 1.29 is 9.53 Å². The average Bonchev–Trinajstić information content (AvgIpc) is 3.39. The predicted molar refractivity (Wildman–Crippen MR) is 146 cm³/mol. The van der Waals surface area contributed by atoms with Crippen LogP contribution in [0.15, 0.2) is 79.0 Å². The number of pyridine rings is 1. The number of methoxy groups -OCH3 is 1. The van der Waals surface area contributed by atoms with Gasteiger partial charge in [-0.05, 0) is 98.4 Å². The molecule has 2 atom stereocenters. The van der Waals surface area contributed by atoms with Crippen LogP contribution in [-0.2, 0) is 4.74 Å². The number of aromatic nitrogens is 2. The summed E-state index contributed by atoms with van der Waals surface area (Å²) >= 11 is 12.0. The van der Waals surface area contributed by atoms with E-state index < -0.39 is 0 Å². The molecule has 1 aliphatic rings. The van der Waals surface area contributed by atoms with E-state index in [0.717, 1.165) is 34.0 Å². The lowest BCUT2D eigenvalue weighted by Gasteiger charge is -2.28. The Morgan fingerprint density at radius 2 is 1.72 bits per heavy atom. The van der Waals surface area contributed by atoms with Crippen molar-refractivity contribution in [2.24, 2.45) is 0 Å². The minimum Gasteiger partial charge on any atom is -0.465 e. The van der Waals surface area contributed by atoms with E-state index in [0.29, 0.717) is 15.7 Å². The first-order valence-electron chi connectivity index (χ1n) is 11.5. The summed E-state index contributed by atoms with van der Waals surface area (Å²) in [5.74, 6) is -0.356. The zero-order valence-corrected chi connectivity index (χ0v) is 21.7. The SMILES string of the molecule is COC(=O)c1ccc(-n2c(C)cc([C@H]3[C@H](c4ccccn4)NC(=S)N3c3ccc(Cl)cc3)c2C)cc1. The first kappa shape index (κ1) is 24.0. The van der Waals surface area contributed by atoms with Gasteiger partial charge in [0.1, 0.15) is 0 Å². The summed E-state index contributed by atoms with van der Waals surface area (Å²) in [5, 5.41) is 4.80. The Morgan fingerprint density at radius 3 is 2.36 bits per heavy atom. The van der Waals surface area contributed by atoms with Crippen molar-refractivity contribution in [3.63, 3.8) is 0 Å². The average molecular weight is 517 g/mol. The third kappa shape index (κ3) is 4.25. The molecule has 3 heterocycles. The Labute approximate surface area is 220 Å². The lowest BCUT2D eigenvalue weighted by Crippen LogP contribution is -2.29. The minimum absolute atomic E-state index is 0.136. The Balaban J connectivity index is 1.63. The Morgan fingerprint density at radius 1 is 1.03 bits per heavy atom. The minimum atomic E-state index is -0.356. The summed E-state index contributed by atoms with van der Waals surface area (Å²) in [5.41, 5.74) is 6.61. The van der Waals surface area contributed by atoms with Crippen LogP contribution in [0.5, 0.6) is 0 Å². The molecular formula is C28H25ClN4O2S. The van der Waals surface area contributed by atoms with E-state index in [-0.39, 0.29) is 18.1 Å². The molecule has 1 saturated heterocycles. The molecule has 0 aliphatic carbocycles. The standard InChI is InChI=1S/C28H25ClN4O2S/c1-17-16-23(18(2)32(17)21-11-7-19(8-12-21)27(34)35-3)26-25(24-6-4-5-15-30-24)31-28(36)33(26)22-13-9-20(29)10-14-22/h4-16,25-26H,1-3H3,(H,31,36)/t25-,26-/m0/s1. The zero-order valence-electron chi connectivity index (χ0n) is 20.1. The van der Waals surface area contributed by atoms with Gasteiger partial charge >= 0.3 is 5.97 Å². The molecule has 1 N–H and O–H groups in total. The van der Waals surface area contributed by atoms with Crippen molar-refractivity contribution in [3.05, 3.63) is 112 Å². The highest BCUT2D eigenvalue weighted by atomic mass is 35.5. The Bertz CT molecular complexity index is 1420. The summed E-state index contributed by atoms with van der Waals surface area (Å²) in [4.78, 5) is 18.7. The second kappa shape index (κ2) is 9.76. The van der Waals surface area contributed by atoms with Gasteiger partial charge in [0.25, 0.3) is 0 Å². The van der Waals surface area contributed by atoms with Crippen molar-refractivity contribution in [2.75, 3.05) is 12.0 Å². The lowest BCUT2D eigenvalue weighted by atomic mass is 9.96. The van der Waals surface area contributed by atoms with Gasteiger partial charge in [0.2, 0.25) is 0 Å². The van der Waals surface area contributed by atoms with E-state index in [2.05, 4.69) is 39.7 Å². The molecule has 2 aromatic carbocycles. The highest BCUT2D eigenvalue weighted by Crippen LogP contribution is 2.43. The van der Waals surface area contributed by atoms with Crippen LogP contribution in [0.25, 0.3) is 5.69 Å². The summed E-state index contributed by atoms with van der Waals surface area (Å²) in [6.45, 7) is 4.18. The molecule has 5 rings (SSSR count). The van der Waals surface area contributed by atoms with Gasteiger partial charge < -0.3 is 19.5 Å². The van der Waals surface area contributed by atoms with Gasteiger partial charge in [0, 0.05) is 34.0 Å². The lowest BCUT2D eigenvalue weighted by molar-refractivity contribution is 0.0600. The number of hydrogen-bond donors (Lipinski definition) is 1. The maximum atomic E-state index is 11.9. The van der Waals surface area contributed by atoms with Crippen molar-refractivity contribution in [2.45, 2.75) is 25.9 Å². The van der Waals surface area contributed by atoms with Crippen LogP contribution in [0.4, 0.5) is 5.69 Å². The largest absolute Gasteiger partial charge is 0.465 e. The van der Waals surface area contributed by atoms with E-state index in [4.69, 9.17) is 28.6 Å². The van der Waals surface area contributed by atoms with E-state index >= 15 is 0 Å². The third-order valence-electron chi connectivity index (χ3n) is 6.54. The maximum Gasteiger partial charge on any atom is 0.337 e. The predicted octanol–water partition coefficient (Wildman–Crippen LogP) is 6.11. The number of rotatable bonds is 5. The fourth-order valence-corrected chi connectivity index (χ4v) is 5.37. The summed E-state index contributed by atoms with van der Waals surface area (Å²) in [6, 6.07) is 23.0. The molecule has 0 radical (unpaired) electrons. The summed E-state index contributed by atoms with van der Waals surface area (Å²) < 4.78 is 7.03. The summed E-state index contributed by atoms with van der Waals surface area (Å²) in [7, 11) is 1.38. The number of thiocarbonyl (C=S) groups is 1. The Hall–Kier alpha value is -3.68. The number of anilines is 1. The molecule has 1 fully saturated rings.